The Morgan fingerprint density at radius 1 is 1.07 bits per heavy atom. The van der Waals surface area contributed by atoms with Crippen LogP contribution in [0, 0.1) is 11.8 Å². The number of nitrogens with zero attached hydrogens (tertiary/aromatic N) is 1. The van der Waals surface area contributed by atoms with E-state index in [1.165, 1.54) is 4.57 Å². The van der Waals surface area contributed by atoms with Gasteiger partial charge in [0.05, 0.1) is 16.7 Å². The van der Waals surface area contributed by atoms with Crippen molar-refractivity contribution in [2.75, 3.05) is 0 Å². The largest absolute Gasteiger partial charge is 0.443 e. The Kier molecular flexibility index (Phi) is 6.14. The van der Waals surface area contributed by atoms with E-state index in [1.54, 1.807) is 19.2 Å². The second-order valence-corrected chi connectivity index (χ2v) is 8.43. The van der Waals surface area contributed by atoms with Gasteiger partial charge < -0.3 is 9.84 Å². The molecule has 1 atom stereocenters. The van der Waals surface area contributed by atoms with Crippen LogP contribution in [-0.2, 0) is 10.3 Å². The molecule has 0 radical (unpaired) electrons. The second kappa shape index (κ2) is 8.61. The van der Waals surface area contributed by atoms with E-state index in [0.29, 0.717) is 6.42 Å². The van der Waals surface area contributed by atoms with Crippen LogP contribution in [0.15, 0.2) is 72.9 Å². The van der Waals surface area contributed by atoms with E-state index in [4.69, 9.17) is 4.74 Å². The van der Waals surface area contributed by atoms with Gasteiger partial charge in [-0.25, -0.2) is 4.79 Å². The zero-order chi connectivity index (χ0) is 21.8. The lowest BCUT2D eigenvalue weighted by Crippen LogP contribution is -2.26. The van der Waals surface area contributed by atoms with E-state index in [-0.39, 0.29) is 0 Å². The van der Waals surface area contributed by atoms with Gasteiger partial charge in [-0.3, -0.25) is 4.57 Å². The quantitative estimate of drug-likeness (QED) is 0.579. The summed E-state index contributed by atoms with van der Waals surface area (Å²) in [6.45, 7) is 7.31. The maximum atomic E-state index is 12.6. The third-order valence-corrected chi connectivity index (χ3v) is 4.62. The third kappa shape index (κ3) is 5.20. The molecule has 0 spiro atoms. The van der Waals surface area contributed by atoms with Crippen molar-refractivity contribution in [1.29, 1.82) is 0 Å². The molecule has 0 amide bonds. The molecule has 0 aliphatic carbocycles. The molecule has 0 aliphatic rings. The van der Waals surface area contributed by atoms with Crippen molar-refractivity contribution in [2.24, 2.45) is 0 Å². The third-order valence-electron chi connectivity index (χ3n) is 4.62. The van der Waals surface area contributed by atoms with Gasteiger partial charge in [0.25, 0.3) is 0 Å². The normalized spacial score (nSPS) is 13.6. The zero-order valence-electron chi connectivity index (χ0n) is 17.8. The molecular weight excluding hydrogens is 374 g/mol. The lowest BCUT2D eigenvalue weighted by atomic mass is 9.92. The fraction of sp³-hybridized carbons (Fsp3) is 0.269. The Balaban J connectivity index is 1.80. The molecule has 4 heteroatoms. The fourth-order valence-electron chi connectivity index (χ4n) is 3.12. The van der Waals surface area contributed by atoms with Crippen LogP contribution in [0.25, 0.3) is 10.9 Å². The second-order valence-electron chi connectivity index (χ2n) is 8.43. The number of aromatic nitrogens is 1. The number of benzene rings is 2. The molecule has 4 nitrogen and oxygen atoms in total. The highest BCUT2D eigenvalue weighted by Crippen LogP contribution is 2.25. The molecule has 3 aromatic rings. The molecule has 2 aromatic carbocycles. The number of hydrogen-bond acceptors (Lipinski definition) is 3. The monoisotopic (exact) mass is 401 g/mol. The van der Waals surface area contributed by atoms with E-state index < -0.39 is 17.3 Å². The molecule has 154 valence electrons. The van der Waals surface area contributed by atoms with Crippen molar-refractivity contribution in [3.8, 4) is 11.8 Å². The summed E-state index contributed by atoms with van der Waals surface area (Å²) in [5.41, 5.74) is 0.838. The van der Waals surface area contributed by atoms with E-state index >= 15 is 0 Å². The van der Waals surface area contributed by atoms with Gasteiger partial charge in [0, 0.05) is 11.6 Å². The van der Waals surface area contributed by atoms with Crippen molar-refractivity contribution in [3.05, 3.63) is 84.1 Å². The smallest absolute Gasteiger partial charge is 0.419 e. The van der Waals surface area contributed by atoms with Crippen LogP contribution in [-0.4, -0.2) is 21.4 Å². The zero-order valence-corrected chi connectivity index (χ0v) is 17.8. The fourth-order valence-corrected chi connectivity index (χ4v) is 3.12. The number of rotatable bonds is 3. The van der Waals surface area contributed by atoms with Gasteiger partial charge in [-0.05, 0) is 51.8 Å². The highest BCUT2D eigenvalue weighted by atomic mass is 16.6. The van der Waals surface area contributed by atoms with Gasteiger partial charge in [-0.2, -0.15) is 0 Å². The predicted octanol–water partition coefficient (Wildman–Crippen LogP) is 5.63. The first-order chi connectivity index (χ1) is 14.2. The van der Waals surface area contributed by atoms with E-state index in [1.807, 2.05) is 81.4 Å². The summed E-state index contributed by atoms with van der Waals surface area (Å²) >= 11 is 0. The average Bonchev–Trinajstić information content (AvgIpc) is 3.06. The predicted molar refractivity (Wildman–Crippen MR) is 120 cm³/mol. The van der Waals surface area contributed by atoms with Gasteiger partial charge in [0.15, 0.2) is 0 Å². The number of para-hydroxylation sites is 1. The summed E-state index contributed by atoms with van der Waals surface area (Å²) < 4.78 is 7.00. The molecule has 0 fully saturated rings. The van der Waals surface area contributed by atoms with Crippen LogP contribution in [0.3, 0.4) is 0 Å². The Bertz CT molecular complexity index is 1120. The molecule has 0 unspecified atom stereocenters. The Hall–Kier alpha value is -3.29. The maximum Gasteiger partial charge on any atom is 0.419 e. The van der Waals surface area contributed by atoms with Crippen LogP contribution in [0.1, 0.15) is 45.2 Å². The SMILES string of the molecule is CC(C)(C)OC(=O)n1cc(C#C/C=C/C[C@@](C)(O)c2ccccc2)c2ccccc21. The molecule has 1 aromatic heterocycles. The van der Waals surface area contributed by atoms with Crippen LogP contribution < -0.4 is 0 Å². The molecule has 0 saturated carbocycles. The number of hydrogen-bond donors (Lipinski definition) is 1. The van der Waals surface area contributed by atoms with Crippen LogP contribution in [0.4, 0.5) is 4.79 Å². The topological polar surface area (TPSA) is 51.5 Å². The number of allylic oxidation sites excluding steroid dienone is 1. The van der Waals surface area contributed by atoms with Crippen molar-refractivity contribution in [2.45, 2.75) is 45.3 Å². The Labute approximate surface area is 177 Å². The standard InChI is InChI=1S/C26H27NO3/c1-25(2,3)30-24(28)27-19-20(22-16-10-11-17-23(22)27)13-7-6-12-18-26(4,29)21-14-8-5-9-15-21/h5-6,8-12,14-17,19,29H,18H2,1-4H3/b12-6+/t26-/m1/s1. The number of ether oxygens (including phenoxy) is 1. The molecule has 3 rings (SSSR count). The summed E-state index contributed by atoms with van der Waals surface area (Å²) in [6.07, 6.45) is 5.32. The molecule has 0 aliphatic heterocycles. The highest BCUT2D eigenvalue weighted by Gasteiger charge is 2.21. The molecule has 1 heterocycles. The first kappa shape index (κ1) is 21.4. The van der Waals surface area contributed by atoms with E-state index in [9.17, 15) is 9.90 Å². The Morgan fingerprint density at radius 3 is 2.43 bits per heavy atom. The average molecular weight is 402 g/mol. The van der Waals surface area contributed by atoms with E-state index in [2.05, 4.69) is 11.8 Å². The number of carbonyl (C=O) groups excluding carboxylic acids is 1. The Morgan fingerprint density at radius 2 is 1.73 bits per heavy atom. The first-order valence-corrected chi connectivity index (χ1v) is 9.95. The van der Waals surface area contributed by atoms with Crippen molar-refractivity contribution >= 4 is 17.0 Å². The molecule has 0 saturated heterocycles. The maximum absolute atomic E-state index is 12.6. The highest BCUT2D eigenvalue weighted by molar-refractivity contribution is 5.93. The summed E-state index contributed by atoms with van der Waals surface area (Å²) in [7, 11) is 0. The summed E-state index contributed by atoms with van der Waals surface area (Å²) in [5, 5.41) is 11.5. The molecular formula is C26H27NO3. The van der Waals surface area contributed by atoms with Crippen LogP contribution >= 0.6 is 0 Å². The van der Waals surface area contributed by atoms with Gasteiger partial charge in [0.1, 0.15) is 5.60 Å². The molecule has 1 N–H and O–H groups in total. The van der Waals surface area contributed by atoms with Crippen molar-refractivity contribution in [1.82, 2.24) is 4.57 Å². The van der Waals surface area contributed by atoms with Gasteiger partial charge in [-0.1, -0.05) is 66.4 Å². The van der Waals surface area contributed by atoms with Gasteiger partial charge in [0.2, 0.25) is 0 Å². The minimum atomic E-state index is -0.952. The lowest BCUT2D eigenvalue weighted by Gasteiger charge is -2.21. The number of carbonyl (C=O) groups is 1. The minimum Gasteiger partial charge on any atom is -0.443 e. The van der Waals surface area contributed by atoms with Gasteiger partial charge in [-0.15, -0.1) is 0 Å². The first-order valence-electron chi connectivity index (χ1n) is 9.95. The summed E-state index contributed by atoms with van der Waals surface area (Å²) in [4.78, 5) is 12.6. The van der Waals surface area contributed by atoms with E-state index in [0.717, 1.165) is 22.0 Å². The molecule has 0 bridgehead atoms. The number of fused-ring (bicyclic) bond motifs is 1. The van der Waals surface area contributed by atoms with Gasteiger partial charge >= 0.3 is 6.09 Å². The molecule has 30 heavy (non-hydrogen) atoms. The lowest BCUT2D eigenvalue weighted by molar-refractivity contribution is 0.0543. The van der Waals surface area contributed by atoms with Crippen molar-refractivity contribution < 1.29 is 14.6 Å². The summed E-state index contributed by atoms with van der Waals surface area (Å²) in [6, 6.07) is 17.2. The minimum absolute atomic E-state index is 0.429. The number of aliphatic hydroxyl groups is 1. The van der Waals surface area contributed by atoms with Crippen LogP contribution in [0.2, 0.25) is 0 Å². The summed E-state index contributed by atoms with van der Waals surface area (Å²) in [5.74, 6) is 6.12. The van der Waals surface area contributed by atoms with Crippen LogP contribution in [0.5, 0.6) is 0 Å². The van der Waals surface area contributed by atoms with Crippen molar-refractivity contribution in [3.63, 3.8) is 0 Å².